The third-order valence-corrected chi connectivity index (χ3v) is 7.66. The molecule has 0 atom stereocenters. The van der Waals surface area contributed by atoms with Gasteiger partial charge in [-0.3, -0.25) is 9.89 Å². The van der Waals surface area contributed by atoms with Gasteiger partial charge in [0.25, 0.3) is 0 Å². The quantitative estimate of drug-likeness (QED) is 0.646. The van der Waals surface area contributed by atoms with Crippen LogP contribution in [-0.2, 0) is 34.3 Å². The molecule has 0 spiro atoms. The normalized spacial score (nSPS) is 14.2. The van der Waals surface area contributed by atoms with Crippen LogP contribution < -0.4 is 5.32 Å². The number of nitrogens with zero attached hydrogens (tertiary/aromatic N) is 2. The first-order valence-corrected chi connectivity index (χ1v) is 11.2. The third kappa shape index (κ3) is 3.60. The van der Waals surface area contributed by atoms with Crippen LogP contribution in [0.25, 0.3) is 0 Å². The number of nitrogens with one attached hydrogen (secondary N) is 2. The minimum Gasteiger partial charge on any atom is -0.311 e. The van der Waals surface area contributed by atoms with Crippen LogP contribution in [0, 0.1) is 6.92 Å². The van der Waals surface area contributed by atoms with Crippen LogP contribution in [0.1, 0.15) is 28.1 Å². The lowest BCUT2D eigenvalue weighted by molar-refractivity contribution is -0.116. The summed E-state index contributed by atoms with van der Waals surface area (Å²) in [6.07, 6.45) is 1.03. The summed E-state index contributed by atoms with van der Waals surface area (Å²) in [6.45, 7) is 2.15. The van der Waals surface area contributed by atoms with Crippen molar-refractivity contribution in [1.29, 1.82) is 0 Å². The number of aromatic nitrogens is 2. The molecule has 0 radical (unpaired) electrons. The lowest BCUT2D eigenvalue weighted by atomic mass is 10.2. The Kier molecular flexibility index (Phi) is 5.05. The Bertz CT molecular complexity index is 1100. The monoisotopic (exact) mass is 416 g/mol. The molecule has 0 unspecified atom stereocenters. The van der Waals surface area contributed by atoms with Gasteiger partial charge in [-0.1, -0.05) is 24.3 Å². The molecule has 0 saturated carbocycles. The Morgan fingerprint density at radius 1 is 1.25 bits per heavy atom. The molecule has 1 aromatic carbocycles. The largest absolute Gasteiger partial charge is 0.311 e. The number of rotatable bonds is 6. The summed E-state index contributed by atoms with van der Waals surface area (Å²) in [5.74, 6) is 0.355. The van der Waals surface area contributed by atoms with Gasteiger partial charge in [0, 0.05) is 23.4 Å². The van der Waals surface area contributed by atoms with Crippen molar-refractivity contribution in [3.8, 4) is 0 Å². The van der Waals surface area contributed by atoms with E-state index in [4.69, 9.17) is 0 Å². The SMILES string of the molecule is Cc1ccccc1S(=O)(=O)N1Cc2n[nH]c(NC(=O)CCc3cccs3)c2C1. The summed E-state index contributed by atoms with van der Waals surface area (Å²) in [5.41, 5.74) is 2.07. The van der Waals surface area contributed by atoms with Gasteiger partial charge in [0.2, 0.25) is 15.9 Å². The molecule has 3 heterocycles. The van der Waals surface area contributed by atoms with Crippen LogP contribution in [0.3, 0.4) is 0 Å². The van der Waals surface area contributed by atoms with Crippen molar-refractivity contribution in [2.24, 2.45) is 0 Å². The topological polar surface area (TPSA) is 95.2 Å². The van der Waals surface area contributed by atoms with Gasteiger partial charge < -0.3 is 5.32 Å². The van der Waals surface area contributed by atoms with E-state index in [9.17, 15) is 13.2 Å². The number of carbonyl (C=O) groups excluding carboxylic acids is 1. The van der Waals surface area contributed by atoms with E-state index < -0.39 is 10.0 Å². The maximum atomic E-state index is 13.0. The van der Waals surface area contributed by atoms with Gasteiger partial charge in [-0.2, -0.15) is 9.40 Å². The third-order valence-electron chi connectivity index (χ3n) is 4.77. The predicted octanol–water partition coefficient (Wildman–Crippen LogP) is 3.06. The van der Waals surface area contributed by atoms with Crippen molar-refractivity contribution in [3.05, 3.63) is 63.5 Å². The molecule has 2 N–H and O–H groups in total. The molecule has 2 aromatic heterocycles. The minimum atomic E-state index is -3.62. The number of hydrogen-bond donors (Lipinski definition) is 2. The summed E-state index contributed by atoms with van der Waals surface area (Å²) in [7, 11) is -3.62. The van der Waals surface area contributed by atoms with E-state index >= 15 is 0 Å². The van der Waals surface area contributed by atoms with E-state index in [1.54, 1.807) is 36.5 Å². The molecular weight excluding hydrogens is 396 g/mol. The second-order valence-corrected chi connectivity index (χ2v) is 9.63. The first-order valence-electron chi connectivity index (χ1n) is 8.89. The summed E-state index contributed by atoms with van der Waals surface area (Å²) in [5, 5.41) is 11.8. The fraction of sp³-hybridized carbons (Fsp3) is 0.263. The number of fused-ring (bicyclic) bond motifs is 1. The highest BCUT2D eigenvalue weighted by molar-refractivity contribution is 7.89. The maximum absolute atomic E-state index is 13.0. The van der Waals surface area contributed by atoms with Crippen molar-refractivity contribution >= 4 is 33.1 Å². The second kappa shape index (κ2) is 7.50. The van der Waals surface area contributed by atoms with Crippen LogP contribution >= 0.6 is 11.3 Å². The molecule has 0 bridgehead atoms. The van der Waals surface area contributed by atoms with Gasteiger partial charge >= 0.3 is 0 Å². The number of sulfonamides is 1. The molecule has 7 nitrogen and oxygen atoms in total. The van der Waals surface area contributed by atoms with Crippen LogP contribution in [0.4, 0.5) is 5.82 Å². The van der Waals surface area contributed by atoms with Crippen molar-refractivity contribution in [2.45, 2.75) is 37.8 Å². The smallest absolute Gasteiger partial charge is 0.244 e. The predicted molar refractivity (Wildman–Crippen MR) is 107 cm³/mol. The average Bonchev–Trinajstić information content (AvgIpc) is 3.39. The number of anilines is 1. The summed E-state index contributed by atoms with van der Waals surface area (Å²) in [6, 6.07) is 10.9. The molecule has 146 valence electrons. The van der Waals surface area contributed by atoms with Crippen LogP contribution in [0.2, 0.25) is 0 Å². The standard InChI is InChI=1S/C19H20N4O3S2/c1-13-5-2-3-7-17(13)28(25,26)23-11-15-16(12-23)21-22-19(15)20-18(24)9-8-14-6-4-10-27-14/h2-7,10H,8-9,11-12H2,1H3,(H2,20,21,22,24). The lowest BCUT2D eigenvalue weighted by Gasteiger charge is -2.17. The second-order valence-electron chi connectivity index (χ2n) is 6.69. The number of aromatic amines is 1. The van der Waals surface area contributed by atoms with Gasteiger partial charge in [0.05, 0.1) is 17.1 Å². The van der Waals surface area contributed by atoms with Crippen molar-refractivity contribution in [1.82, 2.24) is 14.5 Å². The molecule has 28 heavy (non-hydrogen) atoms. The molecule has 9 heteroatoms. The molecule has 3 aromatic rings. The molecule has 0 saturated heterocycles. The van der Waals surface area contributed by atoms with E-state index in [2.05, 4.69) is 15.5 Å². The molecule has 0 fully saturated rings. The highest BCUT2D eigenvalue weighted by Gasteiger charge is 2.35. The highest BCUT2D eigenvalue weighted by atomic mass is 32.2. The summed E-state index contributed by atoms with van der Waals surface area (Å²) >= 11 is 1.62. The number of thiophene rings is 1. The van der Waals surface area contributed by atoms with Gasteiger partial charge in [0.1, 0.15) is 5.82 Å². The van der Waals surface area contributed by atoms with Crippen molar-refractivity contribution < 1.29 is 13.2 Å². The molecule has 4 rings (SSSR count). The lowest BCUT2D eigenvalue weighted by Crippen LogP contribution is -2.27. The van der Waals surface area contributed by atoms with Crippen molar-refractivity contribution in [2.75, 3.05) is 5.32 Å². The van der Waals surface area contributed by atoms with E-state index in [0.717, 1.165) is 10.4 Å². The number of H-pyrrole nitrogens is 1. The van der Waals surface area contributed by atoms with E-state index in [1.807, 2.05) is 23.6 Å². The molecule has 1 amide bonds. The summed E-state index contributed by atoms with van der Waals surface area (Å²) in [4.78, 5) is 13.7. The Morgan fingerprint density at radius 2 is 2.07 bits per heavy atom. The van der Waals surface area contributed by atoms with Gasteiger partial charge in [-0.05, 0) is 36.4 Å². The molecule has 1 aliphatic heterocycles. The van der Waals surface area contributed by atoms with Crippen LogP contribution in [-0.4, -0.2) is 28.8 Å². The van der Waals surface area contributed by atoms with Crippen LogP contribution in [0.15, 0.2) is 46.7 Å². The summed E-state index contributed by atoms with van der Waals surface area (Å²) < 4.78 is 27.4. The first-order chi connectivity index (χ1) is 13.4. The Hall–Kier alpha value is -2.49. The Balaban J connectivity index is 1.46. The zero-order valence-electron chi connectivity index (χ0n) is 15.3. The van der Waals surface area contributed by atoms with Crippen molar-refractivity contribution in [3.63, 3.8) is 0 Å². The van der Waals surface area contributed by atoms with E-state index in [-0.39, 0.29) is 19.0 Å². The molecule has 0 aliphatic carbocycles. The average molecular weight is 417 g/mol. The number of hydrogen-bond acceptors (Lipinski definition) is 5. The minimum absolute atomic E-state index is 0.125. The zero-order chi connectivity index (χ0) is 19.7. The van der Waals surface area contributed by atoms with Gasteiger partial charge in [-0.15, -0.1) is 11.3 Å². The molecular formula is C19H20N4O3S2. The Morgan fingerprint density at radius 3 is 2.82 bits per heavy atom. The van der Waals surface area contributed by atoms with Crippen LogP contribution in [0.5, 0.6) is 0 Å². The number of aryl methyl sites for hydroxylation is 2. The maximum Gasteiger partial charge on any atom is 0.244 e. The van der Waals surface area contributed by atoms with Gasteiger partial charge in [0.15, 0.2) is 0 Å². The fourth-order valence-electron chi connectivity index (χ4n) is 3.25. The Labute approximate surface area is 167 Å². The van der Waals surface area contributed by atoms with E-state index in [0.29, 0.717) is 34.8 Å². The number of carbonyl (C=O) groups is 1. The van der Waals surface area contributed by atoms with E-state index in [1.165, 1.54) is 4.31 Å². The number of amides is 1. The zero-order valence-corrected chi connectivity index (χ0v) is 16.9. The number of benzene rings is 1. The first kappa shape index (κ1) is 18.9. The highest BCUT2D eigenvalue weighted by Crippen LogP contribution is 2.32. The molecule has 1 aliphatic rings. The van der Waals surface area contributed by atoms with Gasteiger partial charge in [-0.25, -0.2) is 8.42 Å². The fourth-order valence-corrected chi connectivity index (χ4v) is 5.56.